The van der Waals surface area contributed by atoms with Crippen LogP contribution in [-0.2, 0) is 4.79 Å². The fraction of sp³-hybridized carbons (Fsp3) is 0.111. The van der Waals surface area contributed by atoms with Gasteiger partial charge in [0.05, 0.1) is 5.02 Å². The third-order valence-corrected chi connectivity index (χ3v) is 1.93. The van der Waals surface area contributed by atoms with E-state index in [-0.39, 0.29) is 12.0 Å². The minimum Gasteiger partial charge on any atom is -0.406 e. The van der Waals surface area contributed by atoms with E-state index in [2.05, 4.69) is 10.5 Å². The van der Waals surface area contributed by atoms with Gasteiger partial charge in [0.2, 0.25) is 5.91 Å². The second-order valence-corrected chi connectivity index (χ2v) is 3.24. The summed E-state index contributed by atoms with van der Waals surface area (Å²) in [5, 5.41) is 0.442. The van der Waals surface area contributed by atoms with Gasteiger partial charge in [-0.1, -0.05) is 17.7 Å². The second kappa shape index (κ2) is 3.78. The Morgan fingerprint density at radius 2 is 2.40 bits per heavy atom. The monoisotopic (exact) mass is 226 g/mol. The molecular formula is C9H7ClN2O3. The molecule has 0 aliphatic heterocycles. The van der Waals surface area contributed by atoms with Crippen molar-refractivity contribution in [3.05, 3.63) is 23.2 Å². The highest BCUT2D eigenvalue weighted by atomic mass is 35.5. The number of hydrogen-bond donors (Lipinski definition) is 1. The number of nitrogens with zero attached hydrogens (tertiary/aromatic N) is 1. The largest absolute Gasteiger partial charge is 0.419 e. The van der Waals surface area contributed by atoms with Crippen molar-refractivity contribution in [2.24, 2.45) is 0 Å². The maximum Gasteiger partial charge on any atom is 0.419 e. The van der Waals surface area contributed by atoms with Crippen molar-refractivity contribution in [2.45, 2.75) is 6.92 Å². The van der Waals surface area contributed by atoms with E-state index >= 15 is 0 Å². The summed E-state index contributed by atoms with van der Waals surface area (Å²) in [6, 6.07) is 5.15. The Kier molecular flexibility index (Phi) is 2.47. The molecule has 1 heterocycles. The molecule has 0 aliphatic carbocycles. The normalized spacial score (nSPS) is 10.3. The minimum atomic E-state index is -0.344. The van der Waals surface area contributed by atoms with Crippen LogP contribution >= 0.6 is 11.6 Å². The van der Waals surface area contributed by atoms with Crippen LogP contribution in [0.3, 0.4) is 0 Å². The lowest BCUT2D eigenvalue weighted by atomic mass is 10.3. The lowest BCUT2D eigenvalue weighted by Crippen LogP contribution is -2.23. The van der Waals surface area contributed by atoms with Gasteiger partial charge in [-0.2, -0.15) is 10.5 Å². The third kappa shape index (κ3) is 2.02. The van der Waals surface area contributed by atoms with Crippen LogP contribution in [0.1, 0.15) is 6.92 Å². The highest BCUT2D eigenvalue weighted by Gasteiger charge is 2.09. The average molecular weight is 227 g/mol. The van der Waals surface area contributed by atoms with E-state index in [9.17, 15) is 4.79 Å². The number of para-hydroxylation sites is 1. The molecule has 0 aliphatic rings. The van der Waals surface area contributed by atoms with E-state index in [1.165, 1.54) is 6.92 Å². The average Bonchev–Trinajstić information content (AvgIpc) is 2.59. The van der Waals surface area contributed by atoms with Crippen LogP contribution in [-0.4, -0.2) is 10.9 Å². The molecule has 2 aromatic rings. The van der Waals surface area contributed by atoms with Gasteiger partial charge >= 0.3 is 6.08 Å². The zero-order chi connectivity index (χ0) is 10.8. The number of carbonyl (C=O) groups excluding carboxylic acids is 1. The molecule has 78 valence electrons. The molecule has 1 aromatic carbocycles. The number of fused-ring (bicyclic) bond motifs is 1. The van der Waals surface area contributed by atoms with Gasteiger partial charge in [0.15, 0.2) is 5.58 Å². The predicted octanol–water partition coefficient (Wildman–Crippen LogP) is 1.91. The first-order valence-corrected chi connectivity index (χ1v) is 4.53. The van der Waals surface area contributed by atoms with Gasteiger partial charge in [-0.05, 0) is 12.1 Å². The highest BCUT2D eigenvalue weighted by molar-refractivity contribution is 6.34. The first-order valence-electron chi connectivity index (χ1n) is 4.15. The molecule has 0 bridgehead atoms. The fourth-order valence-corrected chi connectivity index (χ4v) is 1.26. The number of halogens is 1. The summed E-state index contributed by atoms with van der Waals surface area (Å²) in [5.74, 6) is -0.344. The van der Waals surface area contributed by atoms with Gasteiger partial charge in [-0.3, -0.25) is 4.79 Å². The third-order valence-electron chi connectivity index (χ3n) is 1.63. The van der Waals surface area contributed by atoms with E-state index in [4.69, 9.17) is 20.9 Å². The smallest absolute Gasteiger partial charge is 0.406 e. The van der Waals surface area contributed by atoms with Crippen molar-refractivity contribution in [2.75, 3.05) is 0 Å². The van der Waals surface area contributed by atoms with Crippen molar-refractivity contribution in [3.63, 3.8) is 0 Å². The molecule has 2 rings (SSSR count). The van der Waals surface area contributed by atoms with Crippen LogP contribution < -0.4 is 10.3 Å². The Hall–Kier alpha value is -1.75. The number of hydroxylamine groups is 1. The molecular weight excluding hydrogens is 220 g/mol. The molecule has 15 heavy (non-hydrogen) atoms. The Morgan fingerprint density at radius 1 is 1.60 bits per heavy atom. The zero-order valence-corrected chi connectivity index (χ0v) is 8.54. The number of hydrogen-bond acceptors (Lipinski definition) is 4. The Bertz CT molecular complexity index is 509. The second-order valence-electron chi connectivity index (χ2n) is 2.83. The molecule has 1 amide bonds. The van der Waals surface area contributed by atoms with Crippen LogP contribution in [0.15, 0.2) is 22.6 Å². The van der Waals surface area contributed by atoms with E-state index in [1.807, 2.05) is 0 Å². The number of carbonyl (C=O) groups is 1. The van der Waals surface area contributed by atoms with Crippen molar-refractivity contribution in [3.8, 4) is 6.08 Å². The summed E-state index contributed by atoms with van der Waals surface area (Å²) in [7, 11) is 0. The van der Waals surface area contributed by atoms with E-state index in [1.54, 1.807) is 18.2 Å². The number of aromatic nitrogens is 1. The van der Waals surface area contributed by atoms with Gasteiger partial charge in [0.25, 0.3) is 0 Å². The topological polar surface area (TPSA) is 64.4 Å². The van der Waals surface area contributed by atoms with Crippen molar-refractivity contribution in [1.82, 2.24) is 10.5 Å². The summed E-state index contributed by atoms with van der Waals surface area (Å²) in [4.78, 5) is 19.3. The van der Waals surface area contributed by atoms with Gasteiger partial charge in [-0.15, -0.1) is 0 Å². The lowest BCUT2D eigenvalue weighted by molar-refractivity contribution is -0.126. The molecule has 0 saturated carbocycles. The predicted molar refractivity (Wildman–Crippen MR) is 53.5 cm³/mol. The van der Waals surface area contributed by atoms with Crippen LogP contribution in [0.5, 0.6) is 6.08 Å². The summed E-state index contributed by atoms with van der Waals surface area (Å²) in [5.41, 5.74) is 3.11. The SMILES string of the molecule is CC(=O)NOc1nc2cccc(Cl)c2o1. The standard InChI is InChI=1S/C9H7ClN2O3/c1-5(13)12-15-9-11-7-4-2-3-6(10)8(7)14-9/h2-4H,1H3,(H,12,13). The molecule has 0 fully saturated rings. The number of benzene rings is 1. The van der Waals surface area contributed by atoms with Crippen LogP contribution in [0.25, 0.3) is 11.1 Å². The summed E-state index contributed by atoms with van der Waals surface area (Å²) >= 11 is 5.86. The van der Waals surface area contributed by atoms with E-state index in [0.29, 0.717) is 16.1 Å². The van der Waals surface area contributed by atoms with Gasteiger partial charge < -0.3 is 9.25 Å². The molecule has 0 atom stereocenters. The maximum absolute atomic E-state index is 10.6. The minimum absolute atomic E-state index is 0.0479. The molecule has 0 saturated heterocycles. The molecule has 1 N–H and O–H groups in total. The van der Waals surface area contributed by atoms with Crippen LogP contribution in [0.4, 0.5) is 0 Å². The Labute approximate surface area is 89.9 Å². The number of amides is 1. The molecule has 0 radical (unpaired) electrons. The molecule has 5 nitrogen and oxygen atoms in total. The summed E-state index contributed by atoms with van der Waals surface area (Å²) in [6.45, 7) is 1.32. The van der Waals surface area contributed by atoms with E-state index < -0.39 is 0 Å². The van der Waals surface area contributed by atoms with E-state index in [0.717, 1.165) is 0 Å². The maximum atomic E-state index is 10.6. The molecule has 6 heteroatoms. The van der Waals surface area contributed by atoms with Crippen LogP contribution in [0.2, 0.25) is 5.02 Å². The molecule has 0 spiro atoms. The fourth-order valence-electron chi connectivity index (χ4n) is 1.05. The zero-order valence-electron chi connectivity index (χ0n) is 7.78. The number of nitrogens with one attached hydrogen (secondary N) is 1. The van der Waals surface area contributed by atoms with Crippen LogP contribution in [0, 0.1) is 0 Å². The van der Waals surface area contributed by atoms with Gasteiger partial charge in [0, 0.05) is 6.92 Å². The Balaban J connectivity index is 2.31. The highest BCUT2D eigenvalue weighted by Crippen LogP contribution is 2.26. The first kappa shape index (κ1) is 9.79. The lowest BCUT2D eigenvalue weighted by Gasteiger charge is -1.96. The van der Waals surface area contributed by atoms with Crippen molar-refractivity contribution >= 4 is 28.6 Å². The van der Waals surface area contributed by atoms with Gasteiger partial charge in [-0.25, -0.2) is 0 Å². The summed E-state index contributed by atoms with van der Waals surface area (Å²) in [6.07, 6.45) is -0.0479. The number of oxazole rings is 1. The van der Waals surface area contributed by atoms with Crippen molar-refractivity contribution in [1.29, 1.82) is 0 Å². The Morgan fingerprint density at radius 3 is 3.07 bits per heavy atom. The molecule has 1 aromatic heterocycles. The summed E-state index contributed by atoms with van der Waals surface area (Å²) < 4.78 is 5.17. The van der Waals surface area contributed by atoms with Gasteiger partial charge in [0.1, 0.15) is 5.52 Å². The quantitative estimate of drug-likeness (QED) is 0.795. The first-order chi connectivity index (χ1) is 7.16. The molecule has 0 unspecified atom stereocenters. The number of rotatable bonds is 2. The van der Waals surface area contributed by atoms with Crippen molar-refractivity contribution < 1.29 is 14.0 Å².